The molecule has 1 N–H and O–H groups in total. The maximum Gasteiger partial charge on any atom is 0.0409 e. The van der Waals surface area contributed by atoms with E-state index in [-0.39, 0.29) is 0 Å². The van der Waals surface area contributed by atoms with Crippen LogP contribution in [0.4, 0.5) is 0 Å². The van der Waals surface area contributed by atoms with Crippen molar-refractivity contribution in [2.75, 3.05) is 26.7 Å². The zero-order valence-corrected chi connectivity index (χ0v) is 13.9. The number of hydrogen-bond acceptors (Lipinski definition) is 2. The molecule has 1 atom stereocenters. The van der Waals surface area contributed by atoms with E-state index in [4.69, 9.17) is 11.6 Å². The molecule has 0 heterocycles. The Morgan fingerprint density at radius 3 is 2.70 bits per heavy atom. The number of unbranched alkanes of at least 4 members (excludes halogenated alkanes) is 3. The third-order valence-corrected chi connectivity index (χ3v) is 4.08. The highest BCUT2D eigenvalue weighted by molar-refractivity contribution is 6.30. The van der Waals surface area contributed by atoms with Gasteiger partial charge in [0.1, 0.15) is 0 Å². The molecule has 0 saturated heterocycles. The van der Waals surface area contributed by atoms with Gasteiger partial charge in [-0.1, -0.05) is 49.9 Å². The minimum Gasteiger partial charge on any atom is -0.315 e. The first-order valence-electron chi connectivity index (χ1n) is 7.81. The van der Waals surface area contributed by atoms with Gasteiger partial charge in [-0.2, -0.15) is 0 Å². The lowest BCUT2D eigenvalue weighted by molar-refractivity contribution is 0.261. The van der Waals surface area contributed by atoms with Crippen LogP contribution in [0.15, 0.2) is 24.3 Å². The fourth-order valence-electron chi connectivity index (χ4n) is 2.27. The van der Waals surface area contributed by atoms with Crippen molar-refractivity contribution < 1.29 is 0 Å². The highest BCUT2D eigenvalue weighted by Gasteiger charge is 2.11. The maximum absolute atomic E-state index is 6.05. The van der Waals surface area contributed by atoms with Crippen LogP contribution in [0.25, 0.3) is 0 Å². The van der Waals surface area contributed by atoms with Crippen molar-refractivity contribution in [1.82, 2.24) is 10.2 Å². The molecule has 0 aromatic heterocycles. The molecule has 0 bridgehead atoms. The smallest absolute Gasteiger partial charge is 0.0409 e. The Kier molecular flexibility index (Phi) is 8.92. The van der Waals surface area contributed by atoms with Crippen LogP contribution in [0.1, 0.15) is 51.1 Å². The largest absolute Gasteiger partial charge is 0.315 e. The first-order chi connectivity index (χ1) is 9.65. The lowest BCUT2D eigenvalue weighted by Crippen LogP contribution is -2.31. The lowest BCUT2D eigenvalue weighted by atomic mass is 10.1. The predicted octanol–water partition coefficient (Wildman–Crippen LogP) is 4.50. The fourth-order valence-corrected chi connectivity index (χ4v) is 2.47. The van der Waals surface area contributed by atoms with E-state index < -0.39 is 0 Å². The van der Waals surface area contributed by atoms with Crippen LogP contribution in [0, 0.1) is 0 Å². The van der Waals surface area contributed by atoms with Gasteiger partial charge in [-0.3, -0.25) is 4.90 Å². The molecule has 0 aliphatic heterocycles. The molecule has 2 nitrogen and oxygen atoms in total. The number of likely N-dealkylation sites (N-methyl/N-ethyl adjacent to an activating group) is 1. The lowest BCUT2D eigenvalue weighted by Gasteiger charge is -2.25. The van der Waals surface area contributed by atoms with E-state index in [0.29, 0.717) is 6.04 Å². The zero-order valence-electron chi connectivity index (χ0n) is 13.2. The van der Waals surface area contributed by atoms with E-state index in [0.717, 1.165) is 24.7 Å². The van der Waals surface area contributed by atoms with Crippen LogP contribution in [0.3, 0.4) is 0 Å². The number of nitrogens with one attached hydrogen (secondary N) is 1. The Morgan fingerprint density at radius 2 is 2.00 bits per heavy atom. The molecule has 0 radical (unpaired) electrons. The second-order valence-corrected chi connectivity index (χ2v) is 5.96. The SMILES string of the molecule is CCCCCCNCCN(C)C(C)c1cccc(Cl)c1. The normalized spacial score (nSPS) is 12.8. The van der Waals surface area contributed by atoms with Gasteiger partial charge in [0.2, 0.25) is 0 Å². The summed E-state index contributed by atoms with van der Waals surface area (Å²) in [5.41, 5.74) is 1.28. The van der Waals surface area contributed by atoms with Gasteiger partial charge in [-0.15, -0.1) is 0 Å². The van der Waals surface area contributed by atoms with Crippen molar-refractivity contribution in [3.63, 3.8) is 0 Å². The molecule has 3 heteroatoms. The second kappa shape index (κ2) is 10.2. The summed E-state index contributed by atoms with van der Waals surface area (Å²) in [4.78, 5) is 2.37. The molecule has 1 rings (SSSR count). The van der Waals surface area contributed by atoms with Crippen molar-refractivity contribution >= 4 is 11.6 Å². The van der Waals surface area contributed by atoms with Gasteiger partial charge in [-0.05, 0) is 44.6 Å². The molecule has 0 saturated carbocycles. The summed E-state index contributed by atoms with van der Waals surface area (Å²) in [6.45, 7) is 7.72. The summed E-state index contributed by atoms with van der Waals surface area (Å²) < 4.78 is 0. The van der Waals surface area contributed by atoms with Crippen LogP contribution >= 0.6 is 11.6 Å². The Bertz CT molecular complexity index is 368. The van der Waals surface area contributed by atoms with Gasteiger partial charge in [0.05, 0.1) is 0 Å². The van der Waals surface area contributed by atoms with Gasteiger partial charge in [0.25, 0.3) is 0 Å². The van der Waals surface area contributed by atoms with E-state index in [1.165, 1.54) is 31.2 Å². The molecule has 0 aliphatic carbocycles. The molecule has 0 spiro atoms. The highest BCUT2D eigenvalue weighted by atomic mass is 35.5. The van der Waals surface area contributed by atoms with Crippen LogP contribution in [-0.2, 0) is 0 Å². The van der Waals surface area contributed by atoms with E-state index in [9.17, 15) is 0 Å². The molecular weight excluding hydrogens is 268 g/mol. The van der Waals surface area contributed by atoms with E-state index in [2.05, 4.69) is 43.2 Å². The Hall–Kier alpha value is -0.570. The average molecular weight is 297 g/mol. The van der Waals surface area contributed by atoms with E-state index >= 15 is 0 Å². The van der Waals surface area contributed by atoms with E-state index in [1.54, 1.807) is 0 Å². The highest BCUT2D eigenvalue weighted by Crippen LogP contribution is 2.21. The number of rotatable bonds is 10. The fraction of sp³-hybridized carbons (Fsp3) is 0.647. The Balaban J connectivity index is 2.20. The van der Waals surface area contributed by atoms with Gasteiger partial charge >= 0.3 is 0 Å². The molecule has 0 fully saturated rings. The van der Waals surface area contributed by atoms with Crippen LogP contribution in [0.5, 0.6) is 0 Å². The predicted molar refractivity (Wildman–Crippen MR) is 89.5 cm³/mol. The Labute approximate surface area is 129 Å². The van der Waals surface area contributed by atoms with Gasteiger partial charge in [0.15, 0.2) is 0 Å². The molecule has 0 amide bonds. The summed E-state index contributed by atoms with van der Waals surface area (Å²) in [6.07, 6.45) is 5.30. The monoisotopic (exact) mass is 296 g/mol. The van der Waals surface area contributed by atoms with Crippen molar-refractivity contribution in [3.05, 3.63) is 34.9 Å². The summed E-state index contributed by atoms with van der Waals surface area (Å²) >= 11 is 6.05. The summed E-state index contributed by atoms with van der Waals surface area (Å²) in [6, 6.07) is 8.55. The number of halogens is 1. The molecular formula is C17H29ClN2. The number of hydrogen-bond donors (Lipinski definition) is 1. The minimum atomic E-state index is 0.399. The van der Waals surface area contributed by atoms with Crippen LogP contribution in [-0.4, -0.2) is 31.6 Å². The maximum atomic E-state index is 6.05. The molecule has 20 heavy (non-hydrogen) atoms. The molecule has 1 aromatic rings. The molecule has 0 aliphatic rings. The van der Waals surface area contributed by atoms with E-state index in [1.807, 2.05) is 12.1 Å². The van der Waals surface area contributed by atoms with Crippen molar-refractivity contribution in [2.45, 2.75) is 45.6 Å². The van der Waals surface area contributed by atoms with Gasteiger partial charge < -0.3 is 5.32 Å². The first-order valence-corrected chi connectivity index (χ1v) is 8.19. The van der Waals surface area contributed by atoms with Crippen LogP contribution in [0.2, 0.25) is 5.02 Å². The average Bonchev–Trinajstić information content (AvgIpc) is 2.45. The van der Waals surface area contributed by atoms with Crippen molar-refractivity contribution in [3.8, 4) is 0 Å². The zero-order chi connectivity index (χ0) is 14.8. The topological polar surface area (TPSA) is 15.3 Å². The van der Waals surface area contributed by atoms with Crippen LogP contribution < -0.4 is 5.32 Å². The first kappa shape index (κ1) is 17.5. The van der Waals surface area contributed by atoms with Gasteiger partial charge in [-0.25, -0.2) is 0 Å². The number of nitrogens with zero attached hydrogens (tertiary/aromatic N) is 1. The van der Waals surface area contributed by atoms with Crippen molar-refractivity contribution in [1.29, 1.82) is 0 Å². The molecule has 1 unspecified atom stereocenters. The molecule has 1 aromatic carbocycles. The molecule has 114 valence electrons. The third kappa shape index (κ3) is 6.74. The second-order valence-electron chi connectivity index (χ2n) is 5.52. The standard InChI is InChI=1S/C17H29ClN2/c1-4-5-6-7-11-19-12-13-20(3)15(2)16-9-8-10-17(18)14-16/h8-10,14-15,19H,4-7,11-13H2,1-3H3. The summed E-state index contributed by atoms with van der Waals surface area (Å²) in [5.74, 6) is 0. The summed E-state index contributed by atoms with van der Waals surface area (Å²) in [5, 5.41) is 4.34. The Morgan fingerprint density at radius 1 is 1.20 bits per heavy atom. The third-order valence-electron chi connectivity index (χ3n) is 3.84. The number of benzene rings is 1. The van der Waals surface area contributed by atoms with Crippen molar-refractivity contribution in [2.24, 2.45) is 0 Å². The minimum absolute atomic E-state index is 0.399. The summed E-state index contributed by atoms with van der Waals surface area (Å²) in [7, 11) is 2.17. The quantitative estimate of drug-likeness (QED) is 0.639. The van der Waals surface area contributed by atoms with Gasteiger partial charge in [0, 0.05) is 24.2 Å².